The summed E-state index contributed by atoms with van der Waals surface area (Å²) in [4.78, 5) is 0. The number of ether oxygens (including phenoxy) is 1. The van der Waals surface area contributed by atoms with Gasteiger partial charge in [0.05, 0.1) is 12.2 Å². The van der Waals surface area contributed by atoms with E-state index in [2.05, 4.69) is 0 Å². The third-order valence-electron chi connectivity index (χ3n) is 2.75. The molecule has 1 aromatic carbocycles. The van der Waals surface area contributed by atoms with Gasteiger partial charge in [-0.3, -0.25) is 0 Å². The number of aliphatic hydroxyl groups is 1. The summed E-state index contributed by atoms with van der Waals surface area (Å²) in [6, 6.07) is 3.32. The third kappa shape index (κ3) is 3.65. The molecule has 0 aliphatic carbocycles. The van der Waals surface area contributed by atoms with Crippen LogP contribution in [0.5, 0.6) is 5.75 Å². The molecule has 1 aliphatic rings. The van der Waals surface area contributed by atoms with Crippen LogP contribution in [0.4, 0.5) is 0 Å². The van der Waals surface area contributed by atoms with Crippen LogP contribution in [-0.4, -0.2) is 36.5 Å². The second-order valence-corrected chi connectivity index (χ2v) is 4.65. The molecular weight excluding hydrogens is 280 g/mol. The number of hydrogen-bond donors (Lipinski definition) is 3. The smallest absolute Gasteiger partial charge is 0.491 e. The first-order chi connectivity index (χ1) is 9.54. The summed E-state index contributed by atoms with van der Waals surface area (Å²) in [6.07, 6.45) is -1.03. The van der Waals surface area contributed by atoms with Crippen molar-refractivity contribution >= 4 is 24.2 Å². The molecule has 1 aliphatic heterocycles. The van der Waals surface area contributed by atoms with Crippen molar-refractivity contribution in [3.05, 3.63) is 22.7 Å². The van der Waals surface area contributed by atoms with Gasteiger partial charge in [-0.1, -0.05) is 25.4 Å². The lowest BCUT2D eigenvalue weighted by molar-refractivity contribution is 0.123. The van der Waals surface area contributed by atoms with Crippen LogP contribution in [0.15, 0.2) is 12.1 Å². The van der Waals surface area contributed by atoms with E-state index in [1.54, 1.807) is 19.1 Å². The largest absolute Gasteiger partial charge is 0.495 e. The molecule has 0 saturated carbocycles. The average molecular weight is 302 g/mol. The summed E-state index contributed by atoms with van der Waals surface area (Å²) in [5.74, 6) is 0.457. The molecular formula is C13H21BClNO4. The molecule has 112 valence electrons. The Kier molecular flexibility index (Phi) is 6.78. The maximum absolute atomic E-state index is 9.87. The van der Waals surface area contributed by atoms with Crippen LogP contribution in [0.3, 0.4) is 0 Å². The van der Waals surface area contributed by atoms with Crippen molar-refractivity contribution in [3.63, 3.8) is 0 Å². The van der Waals surface area contributed by atoms with Gasteiger partial charge in [0.2, 0.25) is 0 Å². The molecule has 5 nitrogen and oxygen atoms in total. The monoisotopic (exact) mass is 301 g/mol. The van der Waals surface area contributed by atoms with E-state index in [1.807, 2.05) is 13.8 Å². The maximum atomic E-state index is 9.87. The number of aliphatic hydroxyl groups excluding tert-OH is 1. The molecule has 0 aromatic heterocycles. The van der Waals surface area contributed by atoms with Crippen LogP contribution in [0, 0.1) is 0 Å². The highest BCUT2D eigenvalue weighted by atomic mass is 35.5. The van der Waals surface area contributed by atoms with Gasteiger partial charge in [-0.2, -0.15) is 0 Å². The average Bonchev–Trinajstić information content (AvgIpc) is 2.78. The second-order valence-electron chi connectivity index (χ2n) is 4.25. The molecule has 0 radical (unpaired) electrons. The Morgan fingerprint density at radius 1 is 1.50 bits per heavy atom. The van der Waals surface area contributed by atoms with Crippen molar-refractivity contribution < 1.29 is 19.5 Å². The van der Waals surface area contributed by atoms with Crippen molar-refractivity contribution in [2.45, 2.75) is 33.0 Å². The molecule has 1 unspecified atom stereocenters. The van der Waals surface area contributed by atoms with E-state index in [1.165, 1.54) is 0 Å². The molecule has 0 bridgehead atoms. The first-order valence-corrected chi connectivity index (χ1v) is 7.09. The highest BCUT2D eigenvalue weighted by Gasteiger charge is 2.39. The highest BCUT2D eigenvalue weighted by molar-refractivity contribution is 6.63. The molecule has 4 N–H and O–H groups in total. The predicted octanol–water partition coefficient (Wildman–Crippen LogP) is 0.843. The number of nitrogens with two attached hydrogens (primary N) is 1. The summed E-state index contributed by atoms with van der Waals surface area (Å²) >= 11 is 6.09. The van der Waals surface area contributed by atoms with Crippen molar-refractivity contribution in [2.24, 2.45) is 5.73 Å². The van der Waals surface area contributed by atoms with Crippen molar-refractivity contribution in [1.29, 1.82) is 0 Å². The van der Waals surface area contributed by atoms with E-state index in [4.69, 9.17) is 26.7 Å². The van der Waals surface area contributed by atoms with Crippen LogP contribution >= 0.6 is 11.6 Å². The van der Waals surface area contributed by atoms with E-state index < -0.39 is 19.3 Å². The van der Waals surface area contributed by atoms with Crippen molar-refractivity contribution in [2.75, 3.05) is 13.2 Å². The van der Waals surface area contributed by atoms with E-state index in [0.717, 1.165) is 0 Å². The van der Waals surface area contributed by atoms with Gasteiger partial charge in [0.25, 0.3) is 0 Å². The van der Waals surface area contributed by atoms with Gasteiger partial charge in [0, 0.05) is 22.6 Å². The van der Waals surface area contributed by atoms with E-state index in [9.17, 15) is 10.1 Å². The van der Waals surface area contributed by atoms with E-state index in [0.29, 0.717) is 21.8 Å². The fourth-order valence-electron chi connectivity index (χ4n) is 1.97. The number of rotatable bonds is 4. The minimum Gasteiger partial charge on any atom is -0.491 e. The SMILES string of the molecule is CC.CC(O)COc1ccc(Cl)c2c1B(O)O[C@@H]2CN. The van der Waals surface area contributed by atoms with Crippen LogP contribution < -0.4 is 15.9 Å². The summed E-state index contributed by atoms with van der Waals surface area (Å²) in [6.45, 7) is 5.98. The number of fused-ring (bicyclic) bond motifs is 1. The van der Waals surface area contributed by atoms with Gasteiger partial charge in [-0.15, -0.1) is 0 Å². The first-order valence-electron chi connectivity index (χ1n) is 6.71. The highest BCUT2D eigenvalue weighted by Crippen LogP contribution is 2.32. The summed E-state index contributed by atoms with van der Waals surface area (Å²) in [5.41, 5.74) is 6.74. The Hall–Kier alpha value is -0.785. The fourth-order valence-corrected chi connectivity index (χ4v) is 2.26. The summed E-state index contributed by atoms with van der Waals surface area (Å²) < 4.78 is 10.8. The van der Waals surface area contributed by atoms with Gasteiger partial charge in [-0.25, -0.2) is 0 Å². The Labute approximate surface area is 124 Å². The maximum Gasteiger partial charge on any atom is 0.495 e. The lowest BCUT2D eigenvalue weighted by Crippen LogP contribution is -2.31. The molecule has 1 heterocycles. The normalized spacial score (nSPS) is 18.1. The quantitative estimate of drug-likeness (QED) is 0.718. The fraction of sp³-hybridized carbons (Fsp3) is 0.538. The second kappa shape index (κ2) is 7.85. The van der Waals surface area contributed by atoms with Gasteiger partial charge < -0.3 is 25.3 Å². The molecule has 0 spiro atoms. The van der Waals surface area contributed by atoms with Gasteiger partial charge in [0.1, 0.15) is 12.4 Å². The van der Waals surface area contributed by atoms with Crippen LogP contribution in [0.2, 0.25) is 5.02 Å². The van der Waals surface area contributed by atoms with E-state index in [-0.39, 0.29) is 13.2 Å². The lowest BCUT2D eigenvalue weighted by atomic mass is 9.78. The predicted molar refractivity (Wildman–Crippen MR) is 80.5 cm³/mol. The minimum atomic E-state index is -1.10. The molecule has 0 saturated heterocycles. The number of benzene rings is 1. The Morgan fingerprint density at radius 2 is 2.15 bits per heavy atom. The van der Waals surface area contributed by atoms with Gasteiger partial charge in [0.15, 0.2) is 0 Å². The number of hydrogen-bond acceptors (Lipinski definition) is 5. The summed E-state index contributed by atoms with van der Waals surface area (Å²) in [5, 5.41) is 19.6. The third-order valence-corrected chi connectivity index (χ3v) is 3.08. The zero-order valence-corrected chi connectivity index (χ0v) is 12.7. The van der Waals surface area contributed by atoms with Crippen LogP contribution in [0.25, 0.3) is 0 Å². The van der Waals surface area contributed by atoms with Crippen molar-refractivity contribution in [3.8, 4) is 5.75 Å². The zero-order valence-electron chi connectivity index (χ0n) is 12.0. The standard InChI is InChI=1S/C11H15BClNO4.C2H6/c1-6(15)5-17-8-3-2-7(13)10-9(4-14)18-12(16)11(8)10;1-2/h2-3,6,9,15-16H,4-5,14H2,1H3;1-2H3/t6?,9-;/m1./s1. The number of halogens is 1. The Morgan fingerprint density at radius 3 is 2.70 bits per heavy atom. The molecule has 2 rings (SSSR count). The molecule has 20 heavy (non-hydrogen) atoms. The topological polar surface area (TPSA) is 84.9 Å². The molecule has 2 atom stereocenters. The summed E-state index contributed by atoms with van der Waals surface area (Å²) in [7, 11) is -1.10. The zero-order chi connectivity index (χ0) is 15.3. The molecule has 0 amide bonds. The first kappa shape index (κ1) is 17.3. The molecule has 1 aromatic rings. The van der Waals surface area contributed by atoms with Gasteiger partial charge in [-0.05, 0) is 19.1 Å². The van der Waals surface area contributed by atoms with Crippen LogP contribution in [-0.2, 0) is 4.65 Å². The molecule has 0 fully saturated rings. The molecule has 7 heteroatoms. The van der Waals surface area contributed by atoms with Crippen LogP contribution in [0.1, 0.15) is 32.4 Å². The van der Waals surface area contributed by atoms with E-state index >= 15 is 0 Å². The Balaban J connectivity index is 0.000000956. The van der Waals surface area contributed by atoms with Gasteiger partial charge >= 0.3 is 7.12 Å². The lowest BCUT2D eigenvalue weighted by Gasteiger charge is -2.14. The van der Waals surface area contributed by atoms with Crippen molar-refractivity contribution in [1.82, 2.24) is 0 Å². The minimum absolute atomic E-state index is 0.133. The Bertz CT molecular complexity index is 445.